The number of aryl methyl sites for hydroxylation is 1. The van der Waals surface area contributed by atoms with E-state index in [1.807, 2.05) is 6.92 Å². The van der Waals surface area contributed by atoms with Gasteiger partial charge >= 0.3 is 13.9 Å². The Kier molecular flexibility index (Phi) is 11.0. The summed E-state index contributed by atoms with van der Waals surface area (Å²) >= 11 is 0. The second-order valence-corrected chi connectivity index (χ2v) is 16.7. The molecule has 2 aliphatic rings. The van der Waals surface area contributed by atoms with Crippen molar-refractivity contribution in [2.75, 3.05) is 19.6 Å². The van der Waals surface area contributed by atoms with Gasteiger partial charge in [-0.15, -0.1) is 6.58 Å². The monoisotopic (exact) mass is 813 g/mol. The van der Waals surface area contributed by atoms with Crippen molar-refractivity contribution in [1.82, 2.24) is 34.1 Å². The summed E-state index contributed by atoms with van der Waals surface area (Å²) in [4.78, 5) is 68.8. The maximum absolute atomic E-state index is 14.7. The summed E-state index contributed by atoms with van der Waals surface area (Å²) in [6.07, 6.45) is 3.62. The van der Waals surface area contributed by atoms with Gasteiger partial charge in [0.25, 0.3) is 10.0 Å². The first-order valence-corrected chi connectivity index (χ1v) is 20.9. The first kappa shape index (κ1) is 39.4. The van der Waals surface area contributed by atoms with Crippen molar-refractivity contribution in [2.45, 2.75) is 43.5 Å². The number of amides is 4. The zero-order chi connectivity index (χ0) is 40.5. The molecular weight excluding hydrogens is 774 g/mol. The second-order valence-electron chi connectivity index (χ2n) is 13.7. The van der Waals surface area contributed by atoms with E-state index in [1.165, 1.54) is 49.2 Å². The minimum atomic E-state index is -4.83. The highest BCUT2D eigenvalue weighted by Crippen LogP contribution is 2.38. The standard InChI is InChI=1S/C39H40N7O9PS/c1-3-20-43-26-36(47)45-34(22-28-12-14-32(15-13-28)55-56(50,51)52)38(48)42(25-35(45)46(43)39(49)41-23-31-9-4-5-19-40-31)24-30-8-6-7-29-18-21-44(37(29)30)57(53,54)33-16-10-27(2)11-17-33/h3-19,21,34-35H,1,20,22-26H2,2H3,(H,41,49)(H2,50,51,52)/t34-,35-/m0/s1. The molecule has 18 heteroatoms. The lowest BCUT2D eigenvalue weighted by molar-refractivity contribution is -0.189. The van der Waals surface area contributed by atoms with Gasteiger partial charge < -0.3 is 19.6 Å². The molecule has 2 aromatic heterocycles. The fourth-order valence-corrected chi connectivity index (χ4v) is 9.02. The van der Waals surface area contributed by atoms with Crippen LogP contribution in [0.3, 0.4) is 0 Å². The molecule has 4 amide bonds. The van der Waals surface area contributed by atoms with E-state index in [2.05, 4.69) is 16.9 Å². The van der Waals surface area contributed by atoms with Crippen LogP contribution < -0.4 is 9.84 Å². The molecule has 7 rings (SSSR count). The number of carbonyl (C=O) groups excluding carboxylic acids is 3. The Morgan fingerprint density at radius 1 is 1.02 bits per heavy atom. The van der Waals surface area contributed by atoms with Crippen molar-refractivity contribution in [1.29, 1.82) is 0 Å². The summed E-state index contributed by atoms with van der Waals surface area (Å²) in [5, 5.41) is 6.50. The van der Waals surface area contributed by atoms with Crippen molar-refractivity contribution in [3.8, 4) is 5.75 Å². The SMILES string of the molecule is C=CCN1CC(=O)N2[C@@H](Cc3ccc(OP(=O)(O)O)cc3)C(=O)N(Cc3cccc4ccn(S(=O)(=O)c5ccc(C)cc5)c34)C[C@@H]2N1C(=O)NCc1ccccn1. The lowest BCUT2D eigenvalue weighted by Crippen LogP contribution is -2.76. The lowest BCUT2D eigenvalue weighted by Gasteiger charge is -2.55. The molecular formula is C39H40N7O9PS. The normalized spacial score (nSPS) is 17.8. The van der Waals surface area contributed by atoms with Crippen LogP contribution in [0.2, 0.25) is 0 Å². The quantitative estimate of drug-likeness (QED) is 0.123. The van der Waals surface area contributed by atoms with Gasteiger partial charge in [-0.3, -0.25) is 24.4 Å². The number of pyridine rings is 1. The topological polar surface area (TPSA) is 195 Å². The molecule has 0 bridgehead atoms. The van der Waals surface area contributed by atoms with E-state index >= 15 is 0 Å². The van der Waals surface area contributed by atoms with Gasteiger partial charge in [0.2, 0.25) is 11.8 Å². The second kappa shape index (κ2) is 16.0. The molecule has 0 aliphatic carbocycles. The van der Waals surface area contributed by atoms with Crippen LogP contribution in [0.15, 0.2) is 121 Å². The van der Waals surface area contributed by atoms with Gasteiger partial charge in [-0.05, 0) is 60.5 Å². The van der Waals surface area contributed by atoms with Gasteiger partial charge in [-0.2, -0.15) is 0 Å². The molecule has 3 N–H and O–H groups in total. The van der Waals surface area contributed by atoms with Crippen LogP contribution in [-0.4, -0.2) is 96.7 Å². The molecule has 3 aromatic carbocycles. The summed E-state index contributed by atoms with van der Waals surface area (Å²) in [6.45, 7) is 5.48. The Labute approximate surface area is 328 Å². The predicted octanol–water partition coefficient (Wildman–Crippen LogP) is 3.79. The number of nitrogens with one attached hydrogen (secondary N) is 1. The van der Waals surface area contributed by atoms with Gasteiger partial charge in [0.05, 0.1) is 35.7 Å². The van der Waals surface area contributed by atoms with Crippen molar-refractivity contribution < 1.29 is 41.7 Å². The number of piperazine rings is 1. The lowest BCUT2D eigenvalue weighted by atomic mass is 9.98. The van der Waals surface area contributed by atoms with Gasteiger partial charge in [-0.25, -0.2) is 31.8 Å². The summed E-state index contributed by atoms with van der Waals surface area (Å²) in [6, 6.07) is 22.9. The van der Waals surface area contributed by atoms with Crippen LogP contribution in [0.1, 0.15) is 22.4 Å². The van der Waals surface area contributed by atoms with Crippen LogP contribution >= 0.6 is 7.82 Å². The Morgan fingerprint density at radius 2 is 1.77 bits per heavy atom. The molecule has 4 heterocycles. The Hall–Kier alpha value is -5.84. The first-order valence-electron chi connectivity index (χ1n) is 17.9. The average molecular weight is 814 g/mol. The number of para-hydroxylation sites is 1. The number of carbonyl (C=O) groups is 3. The molecule has 296 valence electrons. The van der Waals surface area contributed by atoms with Crippen molar-refractivity contribution in [2.24, 2.45) is 0 Å². The number of rotatable bonds is 12. The van der Waals surface area contributed by atoms with E-state index < -0.39 is 47.9 Å². The largest absolute Gasteiger partial charge is 0.524 e. The molecule has 16 nitrogen and oxygen atoms in total. The third-order valence-corrected chi connectivity index (χ3v) is 11.9. The Morgan fingerprint density at radius 3 is 2.46 bits per heavy atom. The predicted molar refractivity (Wildman–Crippen MR) is 208 cm³/mol. The molecule has 0 saturated carbocycles. The zero-order valence-corrected chi connectivity index (χ0v) is 32.5. The number of aromatic nitrogens is 2. The van der Waals surface area contributed by atoms with Gasteiger partial charge in [0.15, 0.2) is 0 Å². The highest BCUT2D eigenvalue weighted by molar-refractivity contribution is 7.90. The van der Waals surface area contributed by atoms with Crippen LogP contribution in [0, 0.1) is 6.92 Å². The third-order valence-electron chi connectivity index (χ3n) is 9.80. The number of urea groups is 1. The molecule has 2 fully saturated rings. The van der Waals surface area contributed by atoms with Crippen molar-refractivity contribution in [3.63, 3.8) is 0 Å². The van der Waals surface area contributed by atoms with E-state index in [1.54, 1.807) is 84.0 Å². The zero-order valence-electron chi connectivity index (χ0n) is 30.8. The van der Waals surface area contributed by atoms with Gasteiger partial charge in [0, 0.05) is 37.3 Å². The van der Waals surface area contributed by atoms with E-state index in [0.29, 0.717) is 27.7 Å². The first-order chi connectivity index (χ1) is 27.2. The molecule has 2 aliphatic heterocycles. The van der Waals surface area contributed by atoms with Crippen LogP contribution in [0.4, 0.5) is 4.79 Å². The van der Waals surface area contributed by atoms with Crippen molar-refractivity contribution in [3.05, 3.63) is 138 Å². The molecule has 0 radical (unpaired) electrons. The number of hydrazine groups is 1. The van der Waals surface area contributed by atoms with E-state index in [9.17, 15) is 37.2 Å². The molecule has 2 saturated heterocycles. The van der Waals surface area contributed by atoms with E-state index in [4.69, 9.17) is 4.52 Å². The highest BCUT2D eigenvalue weighted by atomic mass is 32.2. The van der Waals surface area contributed by atoms with E-state index in [0.717, 1.165) is 5.56 Å². The average Bonchev–Trinajstić information content (AvgIpc) is 3.63. The van der Waals surface area contributed by atoms with Crippen LogP contribution in [0.25, 0.3) is 10.9 Å². The summed E-state index contributed by atoms with van der Waals surface area (Å²) in [7, 11) is -8.88. The summed E-state index contributed by atoms with van der Waals surface area (Å²) < 4.78 is 45.3. The molecule has 0 spiro atoms. The van der Waals surface area contributed by atoms with E-state index in [-0.39, 0.29) is 49.8 Å². The number of benzene rings is 3. The third kappa shape index (κ3) is 8.33. The number of phosphoric ester groups is 1. The minimum Gasteiger partial charge on any atom is -0.404 e. The van der Waals surface area contributed by atoms with Crippen LogP contribution in [-0.2, 0) is 43.7 Å². The molecule has 0 unspecified atom stereocenters. The van der Waals surface area contributed by atoms with Gasteiger partial charge in [0.1, 0.15) is 18.0 Å². The highest BCUT2D eigenvalue weighted by Gasteiger charge is 2.51. The molecule has 57 heavy (non-hydrogen) atoms. The number of hydrogen-bond donors (Lipinski definition) is 3. The fourth-order valence-electron chi connectivity index (χ4n) is 7.23. The van der Waals surface area contributed by atoms with Gasteiger partial charge in [-0.1, -0.05) is 60.2 Å². The Bertz CT molecular complexity index is 2480. The number of nitrogens with zero attached hydrogens (tertiary/aromatic N) is 6. The minimum absolute atomic E-state index is 0.0268. The Balaban J connectivity index is 1.28. The maximum atomic E-state index is 14.7. The number of phosphoric acid groups is 1. The number of hydrogen-bond acceptors (Lipinski definition) is 9. The fraction of sp³-hybridized carbons (Fsp3) is 0.231. The number of fused-ring (bicyclic) bond motifs is 2. The molecule has 2 atom stereocenters. The summed E-state index contributed by atoms with van der Waals surface area (Å²) in [5.41, 5.74) is 2.94. The molecule has 5 aromatic rings. The van der Waals surface area contributed by atoms with Crippen molar-refractivity contribution >= 4 is 46.6 Å². The van der Waals surface area contributed by atoms with Crippen LogP contribution in [0.5, 0.6) is 5.75 Å². The smallest absolute Gasteiger partial charge is 0.404 e. The summed E-state index contributed by atoms with van der Waals surface area (Å²) in [5.74, 6) is -0.948. The maximum Gasteiger partial charge on any atom is 0.524 e.